The van der Waals surface area contributed by atoms with Crippen molar-refractivity contribution in [3.8, 4) is 0 Å². The predicted molar refractivity (Wildman–Crippen MR) is 75.2 cm³/mol. The summed E-state index contributed by atoms with van der Waals surface area (Å²) in [6.45, 7) is 6.39. The van der Waals surface area contributed by atoms with E-state index < -0.39 is 6.04 Å². The summed E-state index contributed by atoms with van der Waals surface area (Å²) in [6.07, 6.45) is 3.70. The Balaban J connectivity index is 2.59. The second-order valence-corrected chi connectivity index (χ2v) is 4.58. The average Bonchev–Trinajstić information content (AvgIpc) is 2.38. The zero-order chi connectivity index (χ0) is 13.5. The average molecular weight is 246 g/mol. The van der Waals surface area contributed by atoms with E-state index in [9.17, 15) is 4.79 Å². The van der Waals surface area contributed by atoms with Crippen molar-refractivity contribution >= 4 is 5.91 Å². The summed E-state index contributed by atoms with van der Waals surface area (Å²) < 4.78 is 0. The summed E-state index contributed by atoms with van der Waals surface area (Å²) in [7, 11) is 1.79. The van der Waals surface area contributed by atoms with Gasteiger partial charge in [0.1, 0.15) is 6.04 Å². The Morgan fingerprint density at radius 2 is 2.06 bits per heavy atom. The Morgan fingerprint density at radius 1 is 1.44 bits per heavy atom. The van der Waals surface area contributed by atoms with E-state index in [4.69, 9.17) is 5.73 Å². The Hall–Kier alpha value is -1.61. The molecule has 0 aliphatic heterocycles. The molecule has 0 heterocycles. The van der Waals surface area contributed by atoms with Gasteiger partial charge in [0.25, 0.3) is 0 Å². The number of allylic oxidation sites excluding steroid dienone is 1. The number of carbonyl (C=O) groups is 1. The van der Waals surface area contributed by atoms with E-state index in [1.54, 1.807) is 11.9 Å². The normalized spacial score (nSPS) is 11.9. The summed E-state index contributed by atoms with van der Waals surface area (Å²) >= 11 is 0. The topological polar surface area (TPSA) is 46.3 Å². The molecule has 0 aromatic heterocycles. The van der Waals surface area contributed by atoms with Gasteiger partial charge in [0, 0.05) is 13.6 Å². The number of likely N-dealkylation sites (N-methyl/N-ethyl adjacent to an activating group) is 1. The molecular formula is C15H22N2O. The Labute approximate surface area is 109 Å². The lowest BCUT2D eigenvalue weighted by molar-refractivity contribution is -0.131. The number of rotatable bonds is 6. The Bertz CT molecular complexity index is 397. The van der Waals surface area contributed by atoms with Gasteiger partial charge < -0.3 is 10.6 Å². The van der Waals surface area contributed by atoms with Gasteiger partial charge in [-0.05, 0) is 25.3 Å². The standard InChI is InChI=1S/C15H22N2O/c1-4-5-6-11-17(3)15(18)14(16)13-9-7-12(2)8-10-13/h4,7-10,14H,1,5-6,11,16H2,2-3H3. The van der Waals surface area contributed by atoms with Crippen LogP contribution in [0.1, 0.15) is 30.0 Å². The number of benzene rings is 1. The van der Waals surface area contributed by atoms with Crippen LogP contribution in [-0.2, 0) is 4.79 Å². The number of carbonyl (C=O) groups excluding carboxylic acids is 1. The van der Waals surface area contributed by atoms with Crippen LogP contribution in [0.15, 0.2) is 36.9 Å². The third kappa shape index (κ3) is 4.00. The predicted octanol–water partition coefficient (Wildman–Crippen LogP) is 2.42. The van der Waals surface area contributed by atoms with E-state index >= 15 is 0 Å². The number of aryl methyl sites for hydroxylation is 1. The highest BCUT2D eigenvalue weighted by Gasteiger charge is 2.19. The molecule has 1 aromatic carbocycles. The van der Waals surface area contributed by atoms with Crippen LogP contribution in [0, 0.1) is 6.92 Å². The highest BCUT2D eigenvalue weighted by atomic mass is 16.2. The SMILES string of the molecule is C=CCCCN(C)C(=O)C(N)c1ccc(C)cc1. The molecule has 18 heavy (non-hydrogen) atoms. The minimum absolute atomic E-state index is 0.0390. The molecule has 1 atom stereocenters. The van der Waals surface area contributed by atoms with E-state index in [2.05, 4.69) is 6.58 Å². The van der Waals surface area contributed by atoms with Crippen molar-refractivity contribution in [2.24, 2.45) is 5.73 Å². The second kappa shape index (κ2) is 6.97. The molecule has 0 fully saturated rings. The fraction of sp³-hybridized carbons (Fsp3) is 0.400. The molecule has 0 bridgehead atoms. The van der Waals surface area contributed by atoms with Gasteiger partial charge in [0.2, 0.25) is 5.91 Å². The van der Waals surface area contributed by atoms with Gasteiger partial charge in [-0.1, -0.05) is 35.9 Å². The molecular weight excluding hydrogens is 224 g/mol. The molecule has 1 aromatic rings. The molecule has 0 aliphatic rings. The minimum Gasteiger partial charge on any atom is -0.344 e. The van der Waals surface area contributed by atoms with Crippen molar-refractivity contribution in [2.45, 2.75) is 25.8 Å². The summed E-state index contributed by atoms with van der Waals surface area (Å²) in [4.78, 5) is 13.8. The lowest BCUT2D eigenvalue weighted by Gasteiger charge is -2.21. The molecule has 1 amide bonds. The summed E-state index contributed by atoms with van der Waals surface area (Å²) in [5.41, 5.74) is 8.01. The third-order valence-electron chi connectivity index (χ3n) is 2.98. The van der Waals surface area contributed by atoms with Gasteiger partial charge in [-0.2, -0.15) is 0 Å². The molecule has 0 aliphatic carbocycles. The van der Waals surface area contributed by atoms with E-state index in [0.29, 0.717) is 6.54 Å². The van der Waals surface area contributed by atoms with Crippen LogP contribution in [0.25, 0.3) is 0 Å². The maximum absolute atomic E-state index is 12.1. The largest absolute Gasteiger partial charge is 0.344 e. The third-order valence-corrected chi connectivity index (χ3v) is 2.98. The maximum Gasteiger partial charge on any atom is 0.243 e. The zero-order valence-electron chi connectivity index (χ0n) is 11.2. The van der Waals surface area contributed by atoms with Crippen LogP contribution in [0.3, 0.4) is 0 Å². The number of amides is 1. The molecule has 1 unspecified atom stereocenters. The number of hydrogen-bond acceptors (Lipinski definition) is 2. The number of nitrogens with two attached hydrogens (primary N) is 1. The van der Waals surface area contributed by atoms with Crippen LogP contribution >= 0.6 is 0 Å². The number of unbranched alkanes of at least 4 members (excludes halogenated alkanes) is 1. The van der Waals surface area contributed by atoms with E-state index in [1.165, 1.54) is 0 Å². The fourth-order valence-corrected chi connectivity index (χ4v) is 1.74. The van der Waals surface area contributed by atoms with Crippen molar-refractivity contribution < 1.29 is 4.79 Å². The molecule has 0 saturated carbocycles. The first-order valence-corrected chi connectivity index (χ1v) is 6.24. The fourth-order valence-electron chi connectivity index (χ4n) is 1.74. The van der Waals surface area contributed by atoms with Crippen LogP contribution in [-0.4, -0.2) is 24.4 Å². The zero-order valence-corrected chi connectivity index (χ0v) is 11.2. The molecule has 3 nitrogen and oxygen atoms in total. The summed E-state index contributed by atoms with van der Waals surface area (Å²) in [6, 6.07) is 7.20. The van der Waals surface area contributed by atoms with Crippen molar-refractivity contribution in [3.05, 3.63) is 48.0 Å². The van der Waals surface area contributed by atoms with Crippen LogP contribution < -0.4 is 5.73 Å². The molecule has 0 radical (unpaired) electrons. The van der Waals surface area contributed by atoms with Crippen molar-refractivity contribution in [2.75, 3.05) is 13.6 Å². The van der Waals surface area contributed by atoms with E-state index in [-0.39, 0.29) is 5.91 Å². The highest BCUT2D eigenvalue weighted by molar-refractivity contribution is 5.82. The highest BCUT2D eigenvalue weighted by Crippen LogP contribution is 2.14. The minimum atomic E-state index is -0.570. The summed E-state index contributed by atoms with van der Waals surface area (Å²) in [5, 5.41) is 0. The lowest BCUT2D eigenvalue weighted by atomic mass is 10.0. The van der Waals surface area contributed by atoms with Gasteiger partial charge in [-0.25, -0.2) is 0 Å². The first-order valence-electron chi connectivity index (χ1n) is 6.24. The van der Waals surface area contributed by atoms with Crippen molar-refractivity contribution in [3.63, 3.8) is 0 Å². The summed E-state index contributed by atoms with van der Waals surface area (Å²) in [5.74, 6) is -0.0390. The van der Waals surface area contributed by atoms with Crippen molar-refractivity contribution in [1.29, 1.82) is 0 Å². The monoisotopic (exact) mass is 246 g/mol. The van der Waals surface area contributed by atoms with Gasteiger partial charge >= 0.3 is 0 Å². The maximum atomic E-state index is 12.1. The smallest absolute Gasteiger partial charge is 0.243 e. The number of hydrogen-bond donors (Lipinski definition) is 1. The molecule has 1 rings (SSSR count). The molecule has 98 valence electrons. The second-order valence-electron chi connectivity index (χ2n) is 4.58. The quantitative estimate of drug-likeness (QED) is 0.619. The molecule has 2 N–H and O–H groups in total. The Kier molecular flexibility index (Phi) is 5.59. The van der Waals surface area contributed by atoms with E-state index in [1.807, 2.05) is 37.3 Å². The van der Waals surface area contributed by atoms with Gasteiger partial charge in [-0.15, -0.1) is 6.58 Å². The Morgan fingerprint density at radius 3 is 2.61 bits per heavy atom. The van der Waals surface area contributed by atoms with Crippen LogP contribution in [0.2, 0.25) is 0 Å². The van der Waals surface area contributed by atoms with Crippen molar-refractivity contribution in [1.82, 2.24) is 4.90 Å². The molecule has 0 spiro atoms. The first kappa shape index (κ1) is 14.5. The first-order chi connectivity index (χ1) is 8.56. The molecule has 0 saturated heterocycles. The lowest BCUT2D eigenvalue weighted by Crippen LogP contribution is -2.36. The number of nitrogens with zero attached hydrogens (tertiary/aromatic N) is 1. The van der Waals surface area contributed by atoms with Crippen LogP contribution in [0.4, 0.5) is 0 Å². The van der Waals surface area contributed by atoms with Gasteiger partial charge in [-0.3, -0.25) is 4.79 Å². The molecule has 3 heteroatoms. The van der Waals surface area contributed by atoms with E-state index in [0.717, 1.165) is 24.0 Å². The van der Waals surface area contributed by atoms with Crippen LogP contribution in [0.5, 0.6) is 0 Å². The van der Waals surface area contributed by atoms with Gasteiger partial charge in [0.15, 0.2) is 0 Å². The van der Waals surface area contributed by atoms with Gasteiger partial charge in [0.05, 0.1) is 0 Å².